The molecule has 1 aromatic rings. The highest BCUT2D eigenvalue weighted by Crippen LogP contribution is 2.22. The van der Waals surface area contributed by atoms with Crippen molar-refractivity contribution in [2.24, 2.45) is 0 Å². The van der Waals surface area contributed by atoms with Gasteiger partial charge in [-0.2, -0.15) is 0 Å². The highest BCUT2D eigenvalue weighted by atomic mass is 16.5. The lowest BCUT2D eigenvalue weighted by Crippen LogP contribution is -2.45. The second kappa shape index (κ2) is 5.33. The lowest BCUT2D eigenvalue weighted by atomic mass is 10.0. The molecule has 3 rings (SSSR count). The van der Waals surface area contributed by atoms with E-state index in [1.54, 1.807) is 0 Å². The number of carbonyl (C=O) groups is 1. The fraction of sp³-hybridized carbons (Fsp3) is 0.714. The van der Waals surface area contributed by atoms with Gasteiger partial charge in [-0.25, -0.2) is 0 Å². The van der Waals surface area contributed by atoms with E-state index in [1.165, 1.54) is 0 Å². The SMILES string of the molecule is Cc1cc(CN2CCC(N3CCCC3=O)CC2)no1. The molecular formula is C14H21N3O2. The Hall–Kier alpha value is -1.36. The molecule has 1 aromatic heterocycles. The molecule has 2 fully saturated rings. The highest BCUT2D eigenvalue weighted by molar-refractivity contribution is 5.78. The van der Waals surface area contributed by atoms with Crippen LogP contribution in [0.2, 0.25) is 0 Å². The molecule has 2 saturated heterocycles. The Labute approximate surface area is 113 Å². The molecule has 104 valence electrons. The molecule has 0 spiro atoms. The Balaban J connectivity index is 1.50. The zero-order valence-electron chi connectivity index (χ0n) is 11.5. The summed E-state index contributed by atoms with van der Waals surface area (Å²) in [4.78, 5) is 16.2. The maximum absolute atomic E-state index is 11.7. The lowest BCUT2D eigenvalue weighted by molar-refractivity contribution is -0.130. The summed E-state index contributed by atoms with van der Waals surface area (Å²) >= 11 is 0. The van der Waals surface area contributed by atoms with Crippen molar-refractivity contribution in [2.45, 2.75) is 45.2 Å². The molecule has 0 saturated carbocycles. The smallest absolute Gasteiger partial charge is 0.222 e. The van der Waals surface area contributed by atoms with Crippen LogP contribution >= 0.6 is 0 Å². The zero-order chi connectivity index (χ0) is 13.2. The van der Waals surface area contributed by atoms with E-state index in [2.05, 4.69) is 15.0 Å². The molecule has 19 heavy (non-hydrogen) atoms. The van der Waals surface area contributed by atoms with Gasteiger partial charge in [0.15, 0.2) is 0 Å². The summed E-state index contributed by atoms with van der Waals surface area (Å²) in [6, 6.07) is 2.46. The maximum atomic E-state index is 11.7. The van der Waals surface area contributed by atoms with Crippen LogP contribution in [0.3, 0.4) is 0 Å². The standard InChI is InChI=1S/C14H21N3O2/c1-11-9-12(15-19-11)10-16-7-4-13(5-8-16)17-6-2-3-14(17)18/h9,13H,2-8,10H2,1H3. The van der Waals surface area contributed by atoms with Crippen LogP contribution in [-0.4, -0.2) is 46.5 Å². The predicted octanol–water partition coefficient (Wildman–Crippen LogP) is 1.57. The van der Waals surface area contributed by atoms with Gasteiger partial charge in [-0.3, -0.25) is 9.69 Å². The number of rotatable bonds is 3. The molecule has 1 amide bonds. The van der Waals surface area contributed by atoms with E-state index in [4.69, 9.17) is 4.52 Å². The molecule has 5 heteroatoms. The van der Waals surface area contributed by atoms with Gasteiger partial charge in [0.05, 0.1) is 5.69 Å². The first kappa shape index (κ1) is 12.7. The van der Waals surface area contributed by atoms with Crippen LogP contribution in [0.5, 0.6) is 0 Å². The predicted molar refractivity (Wildman–Crippen MR) is 70.5 cm³/mol. The topological polar surface area (TPSA) is 49.6 Å². The second-order valence-electron chi connectivity index (χ2n) is 5.63. The quantitative estimate of drug-likeness (QED) is 0.830. The molecular weight excluding hydrogens is 242 g/mol. The zero-order valence-corrected chi connectivity index (χ0v) is 11.5. The first-order valence-electron chi connectivity index (χ1n) is 7.16. The molecule has 2 aliphatic heterocycles. The Morgan fingerprint density at radius 2 is 2.16 bits per heavy atom. The Bertz CT molecular complexity index is 449. The van der Waals surface area contributed by atoms with Crippen molar-refractivity contribution in [3.05, 3.63) is 17.5 Å². The van der Waals surface area contributed by atoms with E-state index in [-0.39, 0.29) is 0 Å². The first-order chi connectivity index (χ1) is 9.22. The summed E-state index contributed by atoms with van der Waals surface area (Å²) in [6.07, 6.45) is 3.96. The number of hydrogen-bond acceptors (Lipinski definition) is 4. The molecule has 0 bridgehead atoms. The summed E-state index contributed by atoms with van der Waals surface area (Å²) in [7, 11) is 0. The number of piperidine rings is 1. The van der Waals surface area contributed by atoms with E-state index in [0.29, 0.717) is 11.9 Å². The third kappa shape index (κ3) is 2.81. The summed E-state index contributed by atoms with van der Waals surface area (Å²) in [6.45, 7) is 5.83. The number of hydrogen-bond donors (Lipinski definition) is 0. The number of likely N-dealkylation sites (tertiary alicyclic amines) is 2. The number of carbonyl (C=O) groups excluding carboxylic acids is 1. The molecule has 0 radical (unpaired) electrons. The van der Waals surface area contributed by atoms with Crippen LogP contribution < -0.4 is 0 Å². The summed E-state index contributed by atoms with van der Waals surface area (Å²) in [5.41, 5.74) is 1.01. The van der Waals surface area contributed by atoms with Crippen LogP contribution in [0.1, 0.15) is 37.1 Å². The van der Waals surface area contributed by atoms with Crippen molar-refractivity contribution in [2.75, 3.05) is 19.6 Å². The van der Waals surface area contributed by atoms with E-state index in [0.717, 1.165) is 63.3 Å². The Kier molecular flexibility index (Phi) is 3.55. The third-order valence-corrected chi connectivity index (χ3v) is 4.17. The van der Waals surface area contributed by atoms with Crippen LogP contribution in [-0.2, 0) is 11.3 Å². The lowest BCUT2D eigenvalue weighted by Gasteiger charge is -2.36. The molecule has 0 aromatic carbocycles. The molecule has 0 aliphatic carbocycles. The third-order valence-electron chi connectivity index (χ3n) is 4.17. The average molecular weight is 263 g/mol. The van der Waals surface area contributed by atoms with Gasteiger partial charge in [0.1, 0.15) is 5.76 Å². The van der Waals surface area contributed by atoms with Gasteiger partial charge < -0.3 is 9.42 Å². The van der Waals surface area contributed by atoms with Crippen molar-refractivity contribution in [1.29, 1.82) is 0 Å². The van der Waals surface area contributed by atoms with E-state index >= 15 is 0 Å². The summed E-state index contributed by atoms with van der Waals surface area (Å²) in [5, 5.41) is 4.04. The van der Waals surface area contributed by atoms with Crippen molar-refractivity contribution in [1.82, 2.24) is 15.0 Å². The van der Waals surface area contributed by atoms with Crippen LogP contribution in [0.25, 0.3) is 0 Å². The van der Waals surface area contributed by atoms with Crippen LogP contribution in [0, 0.1) is 6.92 Å². The van der Waals surface area contributed by atoms with Gasteiger partial charge in [-0.05, 0) is 26.2 Å². The van der Waals surface area contributed by atoms with Gasteiger partial charge in [0.2, 0.25) is 5.91 Å². The normalized spacial score (nSPS) is 22.4. The van der Waals surface area contributed by atoms with E-state index < -0.39 is 0 Å². The van der Waals surface area contributed by atoms with Crippen LogP contribution in [0.4, 0.5) is 0 Å². The van der Waals surface area contributed by atoms with Crippen molar-refractivity contribution in [3.63, 3.8) is 0 Å². The molecule has 0 unspecified atom stereocenters. The van der Waals surface area contributed by atoms with Gasteiger partial charge in [-0.1, -0.05) is 5.16 Å². The maximum Gasteiger partial charge on any atom is 0.222 e. The number of amides is 1. The van der Waals surface area contributed by atoms with Gasteiger partial charge in [0, 0.05) is 44.7 Å². The minimum absolute atomic E-state index is 0.352. The van der Waals surface area contributed by atoms with E-state index in [1.807, 2.05) is 13.0 Å². The number of nitrogens with zero attached hydrogens (tertiary/aromatic N) is 3. The largest absolute Gasteiger partial charge is 0.361 e. The second-order valence-corrected chi connectivity index (χ2v) is 5.63. The highest BCUT2D eigenvalue weighted by Gasteiger charge is 2.30. The minimum atomic E-state index is 0.352. The molecule has 0 atom stereocenters. The first-order valence-corrected chi connectivity index (χ1v) is 7.16. The van der Waals surface area contributed by atoms with Crippen molar-refractivity contribution >= 4 is 5.91 Å². The van der Waals surface area contributed by atoms with Crippen molar-refractivity contribution in [3.8, 4) is 0 Å². The van der Waals surface area contributed by atoms with Gasteiger partial charge in [-0.15, -0.1) is 0 Å². The minimum Gasteiger partial charge on any atom is -0.361 e. The molecule has 0 N–H and O–H groups in total. The van der Waals surface area contributed by atoms with E-state index in [9.17, 15) is 4.79 Å². The van der Waals surface area contributed by atoms with Gasteiger partial charge in [0.25, 0.3) is 0 Å². The van der Waals surface area contributed by atoms with Crippen molar-refractivity contribution < 1.29 is 9.32 Å². The fourth-order valence-electron chi connectivity index (χ4n) is 3.17. The molecule has 2 aliphatic rings. The number of aryl methyl sites for hydroxylation is 1. The number of aromatic nitrogens is 1. The molecule has 3 heterocycles. The monoisotopic (exact) mass is 263 g/mol. The molecule has 5 nitrogen and oxygen atoms in total. The van der Waals surface area contributed by atoms with Gasteiger partial charge >= 0.3 is 0 Å². The summed E-state index contributed by atoms with van der Waals surface area (Å²) in [5.74, 6) is 1.22. The fourth-order valence-corrected chi connectivity index (χ4v) is 3.17. The Morgan fingerprint density at radius 1 is 1.37 bits per heavy atom. The van der Waals surface area contributed by atoms with Crippen LogP contribution in [0.15, 0.2) is 10.6 Å². The summed E-state index contributed by atoms with van der Waals surface area (Å²) < 4.78 is 5.09. The average Bonchev–Trinajstić information content (AvgIpc) is 3.00. The Morgan fingerprint density at radius 3 is 2.74 bits per heavy atom.